The van der Waals surface area contributed by atoms with Gasteiger partial charge < -0.3 is 46.1 Å². The number of fused-ring (bicyclic) bond motifs is 1. The van der Waals surface area contributed by atoms with E-state index in [0.29, 0.717) is 56.4 Å². The van der Waals surface area contributed by atoms with Crippen molar-refractivity contribution in [2.24, 2.45) is 11.7 Å². The number of benzene rings is 3. The summed E-state index contributed by atoms with van der Waals surface area (Å²) in [4.78, 5) is 61.9. The number of nitrogens with zero attached hydrogens (tertiary/aromatic N) is 6. The van der Waals surface area contributed by atoms with E-state index in [1.54, 1.807) is 49.2 Å². The summed E-state index contributed by atoms with van der Waals surface area (Å²) in [5.74, 6) is 4.02. The molecule has 66 heavy (non-hydrogen) atoms. The molecule has 3 amide bonds. The highest BCUT2D eigenvalue weighted by molar-refractivity contribution is 7.22. The third kappa shape index (κ3) is 12.7. The molecule has 0 saturated carbocycles. The van der Waals surface area contributed by atoms with Crippen LogP contribution in [0.5, 0.6) is 5.75 Å². The Bertz CT molecular complexity index is 2740. The number of para-hydroxylation sites is 1. The molecular weight excluding hydrogens is 888 g/mol. The molecule has 3 heterocycles. The first-order chi connectivity index (χ1) is 31.6. The van der Waals surface area contributed by atoms with Crippen molar-refractivity contribution in [3.63, 3.8) is 0 Å². The number of nitrogens with two attached hydrogens (primary N) is 1. The number of rotatable bonds is 18. The first kappa shape index (κ1) is 48.3. The monoisotopic (exact) mass is 936 g/mol. The number of aromatic carboxylic acids is 1. The second-order valence-electron chi connectivity index (χ2n) is 15.5. The van der Waals surface area contributed by atoms with E-state index >= 15 is 0 Å². The molecular formula is C46H49FN10O7S2. The molecule has 0 aliphatic rings. The van der Waals surface area contributed by atoms with Crippen molar-refractivity contribution in [1.29, 1.82) is 0 Å². The van der Waals surface area contributed by atoms with Crippen LogP contribution in [0.25, 0.3) is 10.2 Å². The molecule has 0 aliphatic heterocycles. The maximum Gasteiger partial charge on any atom is 0.410 e. The van der Waals surface area contributed by atoms with Crippen molar-refractivity contribution in [3.05, 3.63) is 106 Å². The number of aryl methyl sites for hydroxylation is 2. The number of carbonyl (C=O) groups is 4. The van der Waals surface area contributed by atoms with Gasteiger partial charge in [-0.15, -0.1) is 21.5 Å². The van der Waals surface area contributed by atoms with Crippen LogP contribution in [0.3, 0.4) is 0 Å². The number of carboxylic acids is 1. The molecule has 344 valence electrons. The molecule has 17 nitrogen and oxygen atoms in total. The van der Waals surface area contributed by atoms with Gasteiger partial charge in [0.05, 0.1) is 29.4 Å². The quantitative estimate of drug-likeness (QED) is 0.0423. The van der Waals surface area contributed by atoms with Crippen LogP contribution in [-0.4, -0.2) is 93.4 Å². The van der Waals surface area contributed by atoms with Crippen LogP contribution in [0.1, 0.15) is 59.2 Å². The van der Waals surface area contributed by atoms with Crippen molar-refractivity contribution >= 4 is 84.4 Å². The number of anilines is 5. The fourth-order valence-electron chi connectivity index (χ4n) is 6.01. The highest BCUT2D eigenvalue weighted by Crippen LogP contribution is 2.33. The van der Waals surface area contributed by atoms with E-state index in [9.17, 15) is 28.7 Å². The van der Waals surface area contributed by atoms with Gasteiger partial charge >= 0.3 is 12.1 Å². The number of carbonyl (C=O) groups excluding carboxylic acids is 3. The van der Waals surface area contributed by atoms with Crippen molar-refractivity contribution in [3.8, 4) is 17.6 Å². The normalized spacial score (nSPS) is 11.8. The lowest BCUT2D eigenvalue weighted by Crippen LogP contribution is -2.50. The molecule has 6 rings (SSSR count). The van der Waals surface area contributed by atoms with Gasteiger partial charge in [0.2, 0.25) is 11.8 Å². The maximum atomic E-state index is 15.0. The molecule has 20 heteroatoms. The van der Waals surface area contributed by atoms with Gasteiger partial charge in [-0.1, -0.05) is 61.3 Å². The molecule has 3 aromatic carbocycles. The zero-order valence-electron chi connectivity index (χ0n) is 37.0. The van der Waals surface area contributed by atoms with Crippen LogP contribution < -0.4 is 31.3 Å². The molecule has 0 unspecified atom stereocenters. The fraction of sp³-hybridized carbons (Fsp3) is 0.304. The number of aromatic nitrogens is 4. The van der Waals surface area contributed by atoms with Crippen LogP contribution in [-0.2, 0) is 27.4 Å². The highest BCUT2D eigenvalue weighted by Gasteiger charge is 2.23. The maximum absolute atomic E-state index is 15.0. The van der Waals surface area contributed by atoms with Crippen molar-refractivity contribution < 1.29 is 38.1 Å². The molecule has 0 radical (unpaired) electrons. The van der Waals surface area contributed by atoms with Crippen LogP contribution in [0.2, 0.25) is 0 Å². The van der Waals surface area contributed by atoms with Crippen LogP contribution in [0.4, 0.5) is 36.8 Å². The van der Waals surface area contributed by atoms with Gasteiger partial charge in [-0.3, -0.25) is 9.59 Å². The predicted molar refractivity (Wildman–Crippen MR) is 252 cm³/mol. The first-order valence-corrected chi connectivity index (χ1v) is 22.4. The molecule has 0 fully saturated rings. The van der Waals surface area contributed by atoms with Gasteiger partial charge in [-0.05, 0) is 92.3 Å². The van der Waals surface area contributed by atoms with Gasteiger partial charge in [0.25, 0.3) is 0 Å². The lowest BCUT2D eigenvalue weighted by atomic mass is 10.0. The smallest absolute Gasteiger partial charge is 0.410 e. The minimum atomic E-state index is -1.17. The van der Waals surface area contributed by atoms with E-state index in [4.69, 9.17) is 15.2 Å². The average Bonchev–Trinajstić information content (AvgIpc) is 3.92. The summed E-state index contributed by atoms with van der Waals surface area (Å²) in [6.45, 7) is 7.18. The van der Waals surface area contributed by atoms with Crippen molar-refractivity contribution in [2.45, 2.75) is 59.2 Å². The highest BCUT2D eigenvalue weighted by atomic mass is 32.1. The van der Waals surface area contributed by atoms with Gasteiger partial charge in [0.15, 0.2) is 39.2 Å². The zero-order chi connectivity index (χ0) is 47.5. The summed E-state index contributed by atoms with van der Waals surface area (Å²) in [7, 11) is 3.25. The minimum absolute atomic E-state index is 0.0104. The summed E-state index contributed by atoms with van der Waals surface area (Å²) in [6.07, 6.45) is 0.0932. The Morgan fingerprint density at radius 2 is 1.71 bits per heavy atom. The third-order valence-corrected chi connectivity index (χ3v) is 12.1. The molecule has 3 aromatic heterocycles. The van der Waals surface area contributed by atoms with Crippen molar-refractivity contribution in [2.75, 3.05) is 42.8 Å². The van der Waals surface area contributed by atoms with Crippen LogP contribution in [0.15, 0.2) is 72.8 Å². The average molecular weight is 937 g/mol. The molecule has 0 saturated heterocycles. The zero-order valence-corrected chi connectivity index (χ0v) is 38.7. The van der Waals surface area contributed by atoms with Crippen LogP contribution >= 0.6 is 22.7 Å². The Morgan fingerprint density at radius 3 is 2.41 bits per heavy atom. The summed E-state index contributed by atoms with van der Waals surface area (Å²) < 4.78 is 27.1. The standard InChI is InChI=1S/C46H49FN10O7S2/c1-26(2)38(48)42(59)49-28(4)41(58)50-31-18-15-30(16-19-31)25-64-46(62)56(5)21-9-11-29-17-20-34(32(47)24-29)63-22-10-14-36-39(43(60)61)52-45(66-36)57(6)37-23-27(3)40(55-54-37)53-44-51-33-12-7-8-13-35(33)65-44/h7-8,12-13,15-20,23-24,26,28,38H,10,14,21-22,25,48H2,1-6H3,(H,49,59)(H,50,58)(H,60,61)(H,51,53,55)/t28-,38-/m0/s1. The Morgan fingerprint density at radius 1 is 0.955 bits per heavy atom. The predicted octanol–water partition coefficient (Wildman–Crippen LogP) is 7.26. The summed E-state index contributed by atoms with van der Waals surface area (Å²) in [6, 6.07) is 19.1. The van der Waals surface area contributed by atoms with Gasteiger partial charge in [-0.25, -0.2) is 23.9 Å². The minimum Gasteiger partial charge on any atom is -0.491 e. The van der Waals surface area contributed by atoms with E-state index in [-0.39, 0.29) is 37.1 Å². The Kier molecular flexibility index (Phi) is 16.2. The Labute approximate surface area is 388 Å². The number of ether oxygens (including phenoxy) is 2. The van der Waals surface area contributed by atoms with Gasteiger partial charge in [0.1, 0.15) is 12.6 Å². The van der Waals surface area contributed by atoms with E-state index in [2.05, 4.69) is 48.0 Å². The largest absolute Gasteiger partial charge is 0.491 e. The van der Waals surface area contributed by atoms with E-state index < -0.39 is 41.8 Å². The van der Waals surface area contributed by atoms with Crippen LogP contribution in [0, 0.1) is 30.5 Å². The molecule has 6 N–H and O–H groups in total. The summed E-state index contributed by atoms with van der Waals surface area (Å²) in [5.41, 5.74) is 9.01. The number of hydrogen-bond donors (Lipinski definition) is 5. The molecule has 0 aliphatic carbocycles. The van der Waals surface area contributed by atoms with E-state index in [0.717, 1.165) is 15.8 Å². The van der Waals surface area contributed by atoms with Crippen molar-refractivity contribution in [1.82, 2.24) is 30.4 Å². The SMILES string of the molecule is Cc1cc(N(C)c2nc(C(=O)O)c(CCCOc3ccc(C#CCN(C)C(=O)OCc4ccc(NC(=O)[C@H](C)NC(=O)[C@@H](N)C(C)C)cc4)cc3F)s2)nnc1Nc1nc2ccccc2s1. The third-order valence-electron chi connectivity index (χ3n) is 9.97. The molecule has 2 atom stereocenters. The van der Waals surface area contributed by atoms with E-state index in [1.165, 1.54) is 46.8 Å². The first-order valence-electron chi connectivity index (χ1n) is 20.7. The number of amides is 3. The fourth-order valence-corrected chi connectivity index (χ4v) is 7.93. The number of hydrogen-bond acceptors (Lipinski definition) is 15. The van der Waals surface area contributed by atoms with Gasteiger partial charge in [0, 0.05) is 30.2 Å². The Balaban J connectivity index is 0.929. The number of carboxylic acid groups (broad SMARTS) is 1. The molecule has 0 spiro atoms. The Hall–Kier alpha value is -7.21. The molecule has 0 bridgehead atoms. The lowest BCUT2D eigenvalue weighted by Gasteiger charge is -2.19. The number of thiazole rings is 2. The second kappa shape index (κ2) is 22.1. The summed E-state index contributed by atoms with van der Waals surface area (Å²) in [5, 5.41) is 28.3. The number of halogens is 1. The lowest BCUT2D eigenvalue weighted by molar-refractivity contribution is -0.127. The topological polar surface area (TPSA) is 227 Å². The summed E-state index contributed by atoms with van der Waals surface area (Å²) >= 11 is 2.72. The van der Waals surface area contributed by atoms with E-state index in [1.807, 2.05) is 51.1 Å². The molecule has 6 aromatic rings. The second-order valence-corrected chi connectivity index (χ2v) is 17.6. The number of nitrogens with one attached hydrogen (secondary N) is 3. The van der Waals surface area contributed by atoms with Gasteiger partial charge in [-0.2, -0.15) is 0 Å².